The molecule has 17 heavy (non-hydrogen) atoms. The number of benzene rings is 1. The van der Waals surface area contributed by atoms with Gasteiger partial charge in [0.25, 0.3) is 0 Å². The highest BCUT2D eigenvalue weighted by Gasteiger charge is 2.17. The van der Waals surface area contributed by atoms with Crippen LogP contribution in [0.25, 0.3) is 0 Å². The van der Waals surface area contributed by atoms with Gasteiger partial charge in [0.05, 0.1) is 15.7 Å². The number of hydrogen-bond donors (Lipinski definition) is 1. The lowest BCUT2D eigenvalue weighted by Crippen LogP contribution is -2.27. The summed E-state index contributed by atoms with van der Waals surface area (Å²) >= 11 is 11.9. The average molecular weight is 275 g/mol. The first-order valence-corrected chi connectivity index (χ1v) is 5.82. The van der Waals surface area contributed by atoms with Crippen LogP contribution in [0.15, 0.2) is 6.07 Å². The standard InChI is InChI=1S/C12H14Cl2NO2/c1-7-8(13)5-6-9(10(7)14)15-11(16)17-12(2,3)4/h6H,1-4H3,(H,15,16). The molecule has 1 N–H and O–H groups in total. The van der Waals surface area contributed by atoms with Crippen LogP contribution in [0.2, 0.25) is 10.0 Å². The Morgan fingerprint density at radius 2 is 2.00 bits per heavy atom. The third-order valence-corrected chi connectivity index (χ3v) is 2.75. The van der Waals surface area contributed by atoms with Crippen molar-refractivity contribution in [3.63, 3.8) is 0 Å². The topological polar surface area (TPSA) is 38.3 Å². The molecule has 93 valence electrons. The van der Waals surface area contributed by atoms with Crippen LogP contribution in [-0.4, -0.2) is 11.7 Å². The van der Waals surface area contributed by atoms with Crippen molar-refractivity contribution in [2.24, 2.45) is 0 Å². The van der Waals surface area contributed by atoms with Crippen LogP contribution in [0.1, 0.15) is 26.3 Å². The van der Waals surface area contributed by atoms with Gasteiger partial charge < -0.3 is 4.74 Å². The highest BCUT2D eigenvalue weighted by atomic mass is 35.5. The van der Waals surface area contributed by atoms with E-state index in [1.165, 1.54) is 6.07 Å². The average Bonchev–Trinajstić information content (AvgIpc) is 2.16. The minimum atomic E-state index is -0.561. The number of anilines is 1. The highest BCUT2D eigenvalue weighted by Crippen LogP contribution is 2.30. The fourth-order valence-corrected chi connectivity index (χ4v) is 1.50. The molecule has 0 aliphatic carbocycles. The van der Waals surface area contributed by atoms with Crippen LogP contribution in [0.3, 0.4) is 0 Å². The van der Waals surface area contributed by atoms with E-state index in [1.54, 1.807) is 27.7 Å². The molecule has 0 unspecified atom stereocenters. The Balaban J connectivity index is 2.83. The van der Waals surface area contributed by atoms with Crippen molar-refractivity contribution < 1.29 is 9.53 Å². The minimum Gasteiger partial charge on any atom is -0.444 e. The lowest BCUT2D eigenvalue weighted by atomic mass is 10.2. The predicted octanol–water partition coefficient (Wildman–Crippen LogP) is 4.45. The third-order valence-electron chi connectivity index (χ3n) is 1.87. The van der Waals surface area contributed by atoms with Gasteiger partial charge in [-0.25, -0.2) is 4.79 Å². The number of rotatable bonds is 1. The number of carbonyl (C=O) groups is 1. The summed E-state index contributed by atoms with van der Waals surface area (Å²) in [5.41, 5.74) is 0.548. The maximum atomic E-state index is 11.5. The van der Waals surface area contributed by atoms with E-state index >= 15 is 0 Å². The van der Waals surface area contributed by atoms with Crippen molar-refractivity contribution >= 4 is 35.0 Å². The molecule has 3 nitrogen and oxygen atoms in total. The van der Waals surface area contributed by atoms with E-state index in [9.17, 15) is 4.79 Å². The SMILES string of the molecule is Cc1c(Cl)[c]cc(NC(=O)OC(C)(C)C)c1Cl. The zero-order chi connectivity index (χ0) is 13.2. The minimum absolute atomic E-state index is 0.389. The maximum Gasteiger partial charge on any atom is 0.412 e. The molecular formula is C12H14Cl2NO2. The lowest BCUT2D eigenvalue weighted by Gasteiger charge is -2.20. The lowest BCUT2D eigenvalue weighted by molar-refractivity contribution is 0.0636. The van der Waals surface area contributed by atoms with Gasteiger partial charge in [-0.3, -0.25) is 5.32 Å². The number of halogens is 2. The number of nitrogens with one attached hydrogen (secondary N) is 1. The Hall–Kier alpha value is -0.930. The zero-order valence-corrected chi connectivity index (χ0v) is 11.7. The number of ether oxygens (including phenoxy) is 1. The van der Waals surface area contributed by atoms with Crippen molar-refractivity contribution in [3.05, 3.63) is 27.7 Å². The Morgan fingerprint density at radius 3 is 2.53 bits per heavy atom. The number of hydrogen-bond acceptors (Lipinski definition) is 2. The van der Waals surface area contributed by atoms with E-state index in [2.05, 4.69) is 11.4 Å². The highest BCUT2D eigenvalue weighted by molar-refractivity contribution is 6.37. The molecule has 1 aromatic rings. The van der Waals surface area contributed by atoms with Gasteiger partial charge in [0.2, 0.25) is 0 Å². The summed E-state index contributed by atoms with van der Waals surface area (Å²) in [6.45, 7) is 7.11. The van der Waals surface area contributed by atoms with Gasteiger partial charge >= 0.3 is 6.09 Å². The Labute approximate surface area is 111 Å². The first-order valence-electron chi connectivity index (χ1n) is 5.07. The molecule has 0 heterocycles. The molecule has 0 saturated carbocycles. The fraction of sp³-hybridized carbons (Fsp3) is 0.417. The van der Waals surface area contributed by atoms with Gasteiger partial charge in [-0.1, -0.05) is 23.2 Å². The third kappa shape index (κ3) is 4.10. The Morgan fingerprint density at radius 1 is 1.41 bits per heavy atom. The van der Waals surface area contributed by atoms with E-state index in [-0.39, 0.29) is 0 Å². The predicted molar refractivity (Wildman–Crippen MR) is 69.9 cm³/mol. The summed E-state index contributed by atoms with van der Waals surface area (Å²) in [6, 6.07) is 4.30. The number of carbonyl (C=O) groups excluding carboxylic acids is 1. The van der Waals surface area contributed by atoms with E-state index in [0.717, 1.165) is 0 Å². The van der Waals surface area contributed by atoms with Crippen molar-refractivity contribution in [1.29, 1.82) is 0 Å². The molecule has 0 aromatic heterocycles. The fourth-order valence-electron chi connectivity index (χ4n) is 1.11. The van der Waals surface area contributed by atoms with Crippen LogP contribution < -0.4 is 5.32 Å². The monoisotopic (exact) mass is 274 g/mol. The summed E-state index contributed by atoms with van der Waals surface area (Å²) in [5.74, 6) is 0. The summed E-state index contributed by atoms with van der Waals surface area (Å²) in [6.07, 6.45) is -0.561. The molecule has 1 rings (SSSR count). The van der Waals surface area contributed by atoms with Crippen LogP contribution in [0, 0.1) is 13.0 Å². The second-order valence-electron chi connectivity index (χ2n) is 4.58. The quantitative estimate of drug-likeness (QED) is 0.822. The molecule has 0 bridgehead atoms. The van der Waals surface area contributed by atoms with Crippen LogP contribution in [-0.2, 0) is 4.74 Å². The normalized spacial score (nSPS) is 11.2. The van der Waals surface area contributed by atoms with Crippen LogP contribution in [0.5, 0.6) is 0 Å². The van der Waals surface area contributed by atoms with E-state index < -0.39 is 11.7 Å². The number of amides is 1. The molecule has 0 saturated heterocycles. The molecule has 1 amide bonds. The molecule has 0 fully saturated rings. The second kappa shape index (κ2) is 5.15. The van der Waals surface area contributed by atoms with E-state index in [0.29, 0.717) is 21.3 Å². The molecule has 0 spiro atoms. The van der Waals surface area contributed by atoms with Gasteiger partial charge in [0.15, 0.2) is 0 Å². The van der Waals surface area contributed by atoms with E-state index in [1.807, 2.05) is 0 Å². The van der Waals surface area contributed by atoms with Crippen LogP contribution >= 0.6 is 23.2 Å². The van der Waals surface area contributed by atoms with Gasteiger partial charge in [-0.2, -0.15) is 0 Å². The summed E-state index contributed by atoms with van der Waals surface area (Å²) in [7, 11) is 0. The van der Waals surface area contributed by atoms with Gasteiger partial charge in [0.1, 0.15) is 5.60 Å². The van der Waals surface area contributed by atoms with Gasteiger partial charge in [-0.05, 0) is 39.3 Å². The summed E-state index contributed by atoms with van der Waals surface area (Å²) < 4.78 is 5.11. The van der Waals surface area contributed by atoms with E-state index in [4.69, 9.17) is 27.9 Å². The molecular weight excluding hydrogens is 261 g/mol. The first kappa shape index (κ1) is 14.1. The summed E-state index contributed by atoms with van der Waals surface area (Å²) in [5, 5.41) is 3.38. The maximum absolute atomic E-state index is 11.5. The largest absolute Gasteiger partial charge is 0.444 e. The van der Waals surface area contributed by atoms with Crippen molar-refractivity contribution in [2.45, 2.75) is 33.3 Å². The van der Waals surface area contributed by atoms with Crippen LogP contribution in [0.4, 0.5) is 10.5 Å². The molecule has 0 aliphatic rings. The first-order chi connectivity index (χ1) is 7.70. The molecule has 0 atom stereocenters. The molecule has 1 radical (unpaired) electrons. The molecule has 5 heteroatoms. The second-order valence-corrected chi connectivity index (χ2v) is 5.34. The summed E-state index contributed by atoms with van der Waals surface area (Å²) in [4.78, 5) is 11.5. The molecule has 1 aromatic carbocycles. The Bertz CT molecular complexity index is 439. The van der Waals surface area contributed by atoms with Crippen molar-refractivity contribution in [1.82, 2.24) is 0 Å². The Kier molecular flexibility index (Phi) is 4.28. The smallest absolute Gasteiger partial charge is 0.412 e. The van der Waals surface area contributed by atoms with Gasteiger partial charge in [0, 0.05) is 6.07 Å². The zero-order valence-electron chi connectivity index (χ0n) is 10.1. The van der Waals surface area contributed by atoms with Gasteiger partial charge in [-0.15, -0.1) is 0 Å². The van der Waals surface area contributed by atoms with Crippen molar-refractivity contribution in [2.75, 3.05) is 5.32 Å². The molecule has 0 aliphatic heterocycles. The van der Waals surface area contributed by atoms with Crippen molar-refractivity contribution in [3.8, 4) is 0 Å².